The molecule has 0 unspecified atom stereocenters. The largest absolute Gasteiger partial charge is 0.416 e. The summed E-state index contributed by atoms with van der Waals surface area (Å²) < 4.78 is 37.7. The van der Waals surface area contributed by atoms with E-state index in [9.17, 15) is 23.1 Å². The number of aromatic nitrogens is 1. The average Bonchev–Trinajstić information content (AvgIpc) is 3.05. The van der Waals surface area contributed by atoms with Crippen molar-refractivity contribution in [1.29, 1.82) is 0 Å². The molecule has 0 aliphatic rings. The van der Waals surface area contributed by atoms with Gasteiger partial charge in [-0.05, 0) is 36.2 Å². The van der Waals surface area contributed by atoms with E-state index < -0.39 is 23.9 Å². The molecule has 124 valence electrons. The molecular weight excluding hydrogens is 309 g/mol. The first-order valence-corrected chi connectivity index (χ1v) is 7.12. The van der Waals surface area contributed by atoms with Crippen molar-refractivity contribution in [3.8, 4) is 0 Å². The van der Waals surface area contributed by atoms with E-state index in [0.29, 0.717) is 17.7 Å². The minimum Gasteiger partial charge on any atom is -0.386 e. The van der Waals surface area contributed by atoms with Crippen LogP contribution in [0.4, 0.5) is 13.2 Å². The smallest absolute Gasteiger partial charge is 0.386 e. The zero-order valence-corrected chi connectivity index (χ0v) is 12.4. The Kier molecular flexibility index (Phi) is 5.10. The number of rotatable bonds is 5. The molecule has 0 bridgehead atoms. The Morgan fingerprint density at radius 2 is 1.91 bits per heavy atom. The first-order chi connectivity index (χ1) is 10.8. The van der Waals surface area contributed by atoms with Crippen LogP contribution in [-0.2, 0) is 6.18 Å². The van der Waals surface area contributed by atoms with E-state index in [1.54, 1.807) is 25.3 Å². The molecule has 0 radical (unpaired) electrons. The van der Waals surface area contributed by atoms with Crippen molar-refractivity contribution in [2.45, 2.75) is 31.7 Å². The molecule has 1 heterocycles. The number of hydrogen-bond acceptors (Lipinski definition) is 2. The molecule has 0 fully saturated rings. The number of aliphatic hydroxyl groups is 1. The third-order valence-electron chi connectivity index (χ3n) is 3.56. The van der Waals surface area contributed by atoms with Gasteiger partial charge in [-0.3, -0.25) is 4.79 Å². The van der Waals surface area contributed by atoms with Gasteiger partial charge in [-0.15, -0.1) is 0 Å². The van der Waals surface area contributed by atoms with E-state index >= 15 is 0 Å². The second kappa shape index (κ2) is 6.87. The SMILES string of the molecule is CC[C@@H](NC(=O)c1ccc[nH]1)[C@H](O)c1ccc(C(F)(F)F)cc1. The standard InChI is InChI=1S/C16H17F3N2O2/c1-2-12(21-15(23)13-4-3-9-20-13)14(22)10-5-7-11(8-6-10)16(17,18)19/h3-9,12,14,20,22H,2H2,1H3,(H,21,23)/t12-,14-/m1/s1. The molecule has 2 atom stereocenters. The summed E-state index contributed by atoms with van der Waals surface area (Å²) in [5.74, 6) is -0.382. The van der Waals surface area contributed by atoms with Crippen LogP contribution in [0.3, 0.4) is 0 Å². The monoisotopic (exact) mass is 326 g/mol. The number of amides is 1. The molecule has 7 heteroatoms. The Hall–Kier alpha value is -2.28. The molecule has 0 saturated carbocycles. The predicted octanol–water partition coefficient (Wildman–Crippen LogP) is 3.28. The lowest BCUT2D eigenvalue weighted by Crippen LogP contribution is -2.39. The third-order valence-corrected chi connectivity index (χ3v) is 3.56. The van der Waals surface area contributed by atoms with Crippen LogP contribution < -0.4 is 5.32 Å². The predicted molar refractivity (Wildman–Crippen MR) is 78.7 cm³/mol. The van der Waals surface area contributed by atoms with Crippen molar-refractivity contribution >= 4 is 5.91 Å². The van der Waals surface area contributed by atoms with E-state index in [4.69, 9.17) is 0 Å². The van der Waals surface area contributed by atoms with Gasteiger partial charge in [0, 0.05) is 6.20 Å². The van der Waals surface area contributed by atoms with Crippen molar-refractivity contribution in [2.24, 2.45) is 0 Å². The zero-order valence-electron chi connectivity index (χ0n) is 12.4. The molecule has 0 spiro atoms. The van der Waals surface area contributed by atoms with Crippen LogP contribution in [0.15, 0.2) is 42.6 Å². The average molecular weight is 326 g/mol. The molecule has 2 rings (SSSR count). The Labute approximate surface area is 131 Å². The molecule has 2 aromatic rings. The Balaban J connectivity index is 2.10. The summed E-state index contributed by atoms with van der Waals surface area (Å²) in [6.45, 7) is 1.77. The van der Waals surface area contributed by atoms with Gasteiger partial charge < -0.3 is 15.4 Å². The molecule has 1 amide bonds. The summed E-state index contributed by atoms with van der Waals surface area (Å²) in [7, 11) is 0. The maximum Gasteiger partial charge on any atom is 0.416 e. The molecular formula is C16H17F3N2O2. The van der Waals surface area contributed by atoms with Gasteiger partial charge in [-0.2, -0.15) is 13.2 Å². The number of halogens is 3. The number of carbonyl (C=O) groups excluding carboxylic acids is 1. The number of H-pyrrole nitrogens is 1. The molecule has 0 aliphatic carbocycles. The first kappa shape index (κ1) is 17.1. The van der Waals surface area contributed by atoms with Crippen molar-refractivity contribution in [3.05, 3.63) is 59.4 Å². The van der Waals surface area contributed by atoms with Gasteiger partial charge in [0.1, 0.15) is 5.69 Å². The lowest BCUT2D eigenvalue weighted by molar-refractivity contribution is -0.137. The van der Waals surface area contributed by atoms with Gasteiger partial charge in [0.25, 0.3) is 5.91 Å². The number of benzene rings is 1. The molecule has 3 N–H and O–H groups in total. The molecule has 4 nitrogen and oxygen atoms in total. The van der Waals surface area contributed by atoms with Crippen LogP contribution in [0.2, 0.25) is 0 Å². The van der Waals surface area contributed by atoms with Crippen LogP contribution in [0.5, 0.6) is 0 Å². The van der Waals surface area contributed by atoms with Crippen LogP contribution in [0, 0.1) is 0 Å². The first-order valence-electron chi connectivity index (χ1n) is 7.12. The maximum atomic E-state index is 12.6. The second-order valence-electron chi connectivity index (χ2n) is 5.14. The number of hydrogen-bond donors (Lipinski definition) is 3. The lowest BCUT2D eigenvalue weighted by atomic mass is 9.99. The zero-order chi connectivity index (χ0) is 17.0. The second-order valence-corrected chi connectivity index (χ2v) is 5.14. The fraction of sp³-hybridized carbons (Fsp3) is 0.312. The van der Waals surface area contributed by atoms with Crippen LogP contribution >= 0.6 is 0 Å². The van der Waals surface area contributed by atoms with Gasteiger partial charge in [-0.25, -0.2) is 0 Å². The minimum absolute atomic E-state index is 0.316. The van der Waals surface area contributed by atoms with Crippen LogP contribution in [0.25, 0.3) is 0 Å². The fourth-order valence-electron chi connectivity index (χ4n) is 2.22. The maximum absolute atomic E-state index is 12.6. The lowest BCUT2D eigenvalue weighted by Gasteiger charge is -2.23. The number of nitrogens with one attached hydrogen (secondary N) is 2. The number of carbonyl (C=O) groups is 1. The van der Waals surface area contributed by atoms with E-state index in [0.717, 1.165) is 12.1 Å². The van der Waals surface area contributed by atoms with Crippen molar-refractivity contribution in [2.75, 3.05) is 0 Å². The molecule has 0 aliphatic heterocycles. The Morgan fingerprint density at radius 1 is 1.26 bits per heavy atom. The summed E-state index contributed by atoms with van der Waals surface area (Å²) in [5, 5.41) is 13.0. The summed E-state index contributed by atoms with van der Waals surface area (Å²) >= 11 is 0. The van der Waals surface area contributed by atoms with E-state index in [1.807, 2.05) is 0 Å². The fourth-order valence-corrected chi connectivity index (χ4v) is 2.22. The van der Waals surface area contributed by atoms with E-state index in [-0.39, 0.29) is 5.91 Å². The topological polar surface area (TPSA) is 65.1 Å². The van der Waals surface area contributed by atoms with Gasteiger partial charge >= 0.3 is 6.18 Å². The number of aromatic amines is 1. The van der Waals surface area contributed by atoms with Crippen LogP contribution in [-0.4, -0.2) is 22.0 Å². The van der Waals surface area contributed by atoms with Gasteiger partial charge in [0.2, 0.25) is 0 Å². The number of alkyl halides is 3. The van der Waals surface area contributed by atoms with Crippen molar-refractivity contribution in [1.82, 2.24) is 10.3 Å². The third kappa shape index (κ3) is 4.13. The van der Waals surface area contributed by atoms with Crippen LogP contribution in [0.1, 0.15) is 41.1 Å². The van der Waals surface area contributed by atoms with E-state index in [2.05, 4.69) is 10.3 Å². The summed E-state index contributed by atoms with van der Waals surface area (Å²) in [5.41, 5.74) is -0.114. The molecule has 1 aromatic carbocycles. The quantitative estimate of drug-likeness (QED) is 0.789. The normalized spacial score (nSPS) is 14.3. The Morgan fingerprint density at radius 3 is 2.39 bits per heavy atom. The summed E-state index contributed by atoms with van der Waals surface area (Å²) in [4.78, 5) is 14.7. The van der Waals surface area contributed by atoms with Gasteiger partial charge in [0.05, 0.1) is 17.7 Å². The minimum atomic E-state index is -4.42. The van der Waals surface area contributed by atoms with E-state index in [1.165, 1.54) is 12.1 Å². The summed E-state index contributed by atoms with van der Waals surface area (Å²) in [6, 6.07) is 6.92. The Bertz CT molecular complexity index is 636. The van der Waals surface area contributed by atoms with Crippen molar-refractivity contribution < 1.29 is 23.1 Å². The molecule has 1 aromatic heterocycles. The highest BCUT2D eigenvalue weighted by Crippen LogP contribution is 2.30. The van der Waals surface area contributed by atoms with Crippen molar-refractivity contribution in [3.63, 3.8) is 0 Å². The summed E-state index contributed by atoms with van der Waals surface area (Å²) in [6.07, 6.45) is -3.49. The highest BCUT2D eigenvalue weighted by molar-refractivity contribution is 5.92. The highest BCUT2D eigenvalue weighted by Gasteiger charge is 2.30. The molecule has 0 saturated heterocycles. The number of aliphatic hydroxyl groups excluding tert-OH is 1. The van der Waals surface area contributed by atoms with Gasteiger partial charge in [-0.1, -0.05) is 19.1 Å². The molecule has 23 heavy (non-hydrogen) atoms. The highest BCUT2D eigenvalue weighted by atomic mass is 19.4. The van der Waals surface area contributed by atoms with Gasteiger partial charge in [0.15, 0.2) is 0 Å².